The van der Waals surface area contributed by atoms with E-state index >= 15 is 0 Å². The Morgan fingerprint density at radius 1 is 0.973 bits per heavy atom. The Morgan fingerprint density at radius 3 is 2.24 bits per heavy atom. The molecule has 0 aliphatic heterocycles. The van der Waals surface area contributed by atoms with Crippen LogP contribution in [0.1, 0.15) is 36.6 Å². The van der Waals surface area contributed by atoms with Crippen molar-refractivity contribution < 1.29 is 27.9 Å². The van der Waals surface area contributed by atoms with Gasteiger partial charge in [-0.15, -0.1) is 0 Å². The van der Waals surface area contributed by atoms with Gasteiger partial charge in [0.1, 0.15) is 11.5 Å². The number of rotatable bonds is 7. The van der Waals surface area contributed by atoms with Crippen LogP contribution >= 0.6 is 0 Å². The standard InChI is InChI=1S/C28H26F3N3O3/c1-15-13-22(36)10-12-23(15)24-11-9-21(14-25(24)28(29,30)31)27-33-26(34-37-27)20-7-5-19(6-8-20)17(3)32-16(2)18(4)35/h5-14,16-17,32,35-36H,4H2,1-3H3/t16-,17-/m1/s1. The molecule has 1 heterocycles. The summed E-state index contributed by atoms with van der Waals surface area (Å²) in [5, 5.41) is 26.3. The first kappa shape index (κ1) is 26.0. The number of aromatic nitrogens is 2. The molecule has 37 heavy (non-hydrogen) atoms. The second kappa shape index (κ2) is 10.1. The molecule has 0 radical (unpaired) electrons. The van der Waals surface area contributed by atoms with Crippen LogP contribution in [0.4, 0.5) is 13.2 Å². The average molecular weight is 510 g/mol. The zero-order valence-corrected chi connectivity index (χ0v) is 20.5. The van der Waals surface area contributed by atoms with Gasteiger partial charge in [0.05, 0.1) is 11.6 Å². The fourth-order valence-electron chi connectivity index (χ4n) is 4.04. The first-order valence-electron chi connectivity index (χ1n) is 11.5. The molecule has 4 rings (SSSR count). The molecule has 1 aromatic heterocycles. The number of aryl methyl sites for hydroxylation is 1. The quantitative estimate of drug-likeness (QED) is 0.228. The third-order valence-electron chi connectivity index (χ3n) is 6.17. The Bertz CT molecular complexity index is 1430. The summed E-state index contributed by atoms with van der Waals surface area (Å²) >= 11 is 0. The number of halogens is 3. The summed E-state index contributed by atoms with van der Waals surface area (Å²) in [6.45, 7) is 8.91. The zero-order chi connectivity index (χ0) is 26.9. The van der Waals surface area contributed by atoms with Crippen molar-refractivity contribution in [1.29, 1.82) is 0 Å². The van der Waals surface area contributed by atoms with Gasteiger partial charge in [0.2, 0.25) is 5.82 Å². The molecule has 3 aromatic carbocycles. The number of aliphatic hydroxyl groups is 1. The second-order valence-electron chi connectivity index (χ2n) is 8.90. The van der Waals surface area contributed by atoms with Crippen LogP contribution in [-0.4, -0.2) is 26.4 Å². The van der Waals surface area contributed by atoms with Gasteiger partial charge in [-0.3, -0.25) is 0 Å². The number of nitrogens with one attached hydrogen (secondary N) is 1. The van der Waals surface area contributed by atoms with Gasteiger partial charge in [0.25, 0.3) is 5.89 Å². The molecule has 0 saturated heterocycles. The first-order valence-corrected chi connectivity index (χ1v) is 11.5. The third-order valence-corrected chi connectivity index (χ3v) is 6.17. The summed E-state index contributed by atoms with van der Waals surface area (Å²) in [6.07, 6.45) is -4.63. The number of alkyl halides is 3. The predicted molar refractivity (Wildman–Crippen MR) is 135 cm³/mol. The van der Waals surface area contributed by atoms with E-state index in [1.165, 1.54) is 30.3 Å². The van der Waals surface area contributed by atoms with Gasteiger partial charge in [0.15, 0.2) is 0 Å². The fraction of sp³-hybridized carbons (Fsp3) is 0.214. The highest BCUT2D eigenvalue weighted by Crippen LogP contribution is 2.41. The highest BCUT2D eigenvalue weighted by Gasteiger charge is 2.35. The van der Waals surface area contributed by atoms with E-state index in [4.69, 9.17) is 4.52 Å². The summed E-state index contributed by atoms with van der Waals surface area (Å²) in [7, 11) is 0. The van der Waals surface area contributed by atoms with Gasteiger partial charge >= 0.3 is 6.18 Å². The van der Waals surface area contributed by atoms with Gasteiger partial charge in [-0.2, -0.15) is 18.2 Å². The summed E-state index contributed by atoms with van der Waals surface area (Å²) in [5.41, 5.74) is 1.76. The van der Waals surface area contributed by atoms with Crippen molar-refractivity contribution in [2.45, 2.75) is 39.0 Å². The molecule has 192 valence electrons. The summed E-state index contributed by atoms with van der Waals surface area (Å²) in [4.78, 5) is 4.31. The number of hydrogen-bond donors (Lipinski definition) is 3. The van der Waals surface area contributed by atoms with E-state index in [9.17, 15) is 23.4 Å². The Hall–Kier alpha value is -4.11. The summed E-state index contributed by atoms with van der Waals surface area (Å²) in [6, 6.07) is 15.1. The van der Waals surface area contributed by atoms with Crippen molar-refractivity contribution in [3.63, 3.8) is 0 Å². The Kier molecular flexibility index (Phi) is 7.09. The maximum atomic E-state index is 14.0. The number of benzene rings is 3. The van der Waals surface area contributed by atoms with E-state index in [2.05, 4.69) is 22.0 Å². The Balaban J connectivity index is 1.62. The maximum absolute atomic E-state index is 14.0. The molecule has 0 fully saturated rings. The summed E-state index contributed by atoms with van der Waals surface area (Å²) in [5.74, 6) is 0.229. The van der Waals surface area contributed by atoms with E-state index in [1.807, 2.05) is 19.1 Å². The SMILES string of the molecule is C=C(O)[C@@H](C)N[C@H](C)c1ccc(-c2noc(-c3ccc(-c4ccc(O)cc4C)c(C(F)(F)F)c3)n2)cc1. The van der Waals surface area contributed by atoms with Crippen LogP contribution in [0.15, 0.2) is 77.5 Å². The first-order chi connectivity index (χ1) is 17.4. The van der Waals surface area contributed by atoms with Gasteiger partial charge in [-0.1, -0.05) is 48.1 Å². The molecule has 0 aliphatic rings. The summed E-state index contributed by atoms with van der Waals surface area (Å²) < 4.78 is 47.3. The normalized spacial score (nSPS) is 13.4. The van der Waals surface area contributed by atoms with E-state index in [0.717, 1.165) is 11.6 Å². The lowest BCUT2D eigenvalue weighted by Crippen LogP contribution is -2.30. The molecule has 0 amide bonds. The number of aliphatic hydroxyl groups excluding tert-OH is 1. The van der Waals surface area contributed by atoms with Crippen LogP contribution in [0, 0.1) is 6.92 Å². The molecule has 0 spiro atoms. The van der Waals surface area contributed by atoms with Crippen molar-refractivity contribution >= 4 is 0 Å². The molecule has 0 saturated carbocycles. The topological polar surface area (TPSA) is 91.4 Å². The third kappa shape index (κ3) is 5.67. The van der Waals surface area contributed by atoms with Crippen molar-refractivity contribution in [2.75, 3.05) is 0 Å². The molecule has 9 heteroatoms. The smallest absolute Gasteiger partial charge is 0.417 e. The van der Waals surface area contributed by atoms with Gasteiger partial charge in [-0.05, 0) is 67.3 Å². The van der Waals surface area contributed by atoms with E-state index in [1.54, 1.807) is 26.0 Å². The lowest BCUT2D eigenvalue weighted by atomic mass is 9.94. The van der Waals surface area contributed by atoms with E-state index in [-0.39, 0.29) is 46.4 Å². The van der Waals surface area contributed by atoms with Gasteiger partial charge < -0.3 is 20.1 Å². The number of phenols is 1. The molecule has 0 bridgehead atoms. The average Bonchev–Trinajstić information content (AvgIpc) is 3.33. The molecule has 0 aliphatic carbocycles. The minimum Gasteiger partial charge on any atom is -0.511 e. The van der Waals surface area contributed by atoms with E-state index in [0.29, 0.717) is 16.7 Å². The Labute approximate surface area is 212 Å². The number of aromatic hydroxyl groups is 1. The maximum Gasteiger partial charge on any atom is 0.417 e. The van der Waals surface area contributed by atoms with Crippen molar-refractivity contribution in [3.05, 3.63) is 89.7 Å². The number of nitrogens with zero attached hydrogens (tertiary/aromatic N) is 2. The molecule has 0 unspecified atom stereocenters. The minimum absolute atomic E-state index is 0.00843. The number of hydrogen-bond acceptors (Lipinski definition) is 6. The molecule has 3 N–H and O–H groups in total. The number of phenolic OH excluding ortho intramolecular Hbond substituents is 1. The van der Waals surface area contributed by atoms with Crippen LogP contribution in [-0.2, 0) is 6.18 Å². The highest BCUT2D eigenvalue weighted by atomic mass is 19.4. The van der Waals surface area contributed by atoms with Crippen LogP contribution < -0.4 is 5.32 Å². The highest BCUT2D eigenvalue weighted by molar-refractivity contribution is 5.75. The van der Waals surface area contributed by atoms with Gasteiger partial charge in [0, 0.05) is 17.2 Å². The lowest BCUT2D eigenvalue weighted by molar-refractivity contribution is -0.137. The molecule has 4 aromatic rings. The zero-order valence-electron chi connectivity index (χ0n) is 20.5. The van der Waals surface area contributed by atoms with E-state index < -0.39 is 11.7 Å². The molecular weight excluding hydrogens is 483 g/mol. The van der Waals surface area contributed by atoms with Gasteiger partial charge in [-0.25, -0.2) is 0 Å². The Morgan fingerprint density at radius 2 is 1.62 bits per heavy atom. The monoisotopic (exact) mass is 509 g/mol. The fourth-order valence-corrected chi connectivity index (χ4v) is 4.04. The van der Waals surface area contributed by atoms with Crippen LogP contribution in [0.25, 0.3) is 34.0 Å². The van der Waals surface area contributed by atoms with Crippen molar-refractivity contribution in [3.8, 4) is 39.7 Å². The lowest BCUT2D eigenvalue weighted by Gasteiger charge is -2.19. The second-order valence-corrected chi connectivity index (χ2v) is 8.90. The van der Waals surface area contributed by atoms with Crippen molar-refractivity contribution in [2.24, 2.45) is 0 Å². The largest absolute Gasteiger partial charge is 0.511 e. The molecular formula is C28H26F3N3O3. The van der Waals surface area contributed by atoms with Crippen LogP contribution in [0.2, 0.25) is 0 Å². The molecule has 6 nitrogen and oxygen atoms in total. The van der Waals surface area contributed by atoms with Crippen LogP contribution in [0.3, 0.4) is 0 Å². The van der Waals surface area contributed by atoms with Crippen LogP contribution in [0.5, 0.6) is 5.75 Å². The molecule has 2 atom stereocenters. The van der Waals surface area contributed by atoms with Crippen molar-refractivity contribution in [1.82, 2.24) is 15.5 Å². The minimum atomic E-state index is -4.63. The predicted octanol–water partition coefficient (Wildman–Crippen LogP) is 7.21.